The van der Waals surface area contributed by atoms with Crippen LogP contribution in [0, 0.1) is 0 Å². The quantitative estimate of drug-likeness (QED) is 0.362. The summed E-state index contributed by atoms with van der Waals surface area (Å²) in [4.78, 5) is 0. The zero-order valence-corrected chi connectivity index (χ0v) is 13.8. The van der Waals surface area contributed by atoms with Gasteiger partial charge in [-0.25, -0.2) is 0 Å². The lowest BCUT2D eigenvalue weighted by Crippen LogP contribution is -2.09. The normalized spacial score (nSPS) is 9.50. The average molecular weight is 336 g/mol. The summed E-state index contributed by atoms with van der Waals surface area (Å²) in [5.74, 6) is 1.80. The smallest absolute Gasteiger partial charge is 0.165 e. The van der Waals surface area contributed by atoms with Gasteiger partial charge in [-0.1, -0.05) is 19.7 Å². The summed E-state index contributed by atoms with van der Waals surface area (Å²) in [6.07, 6.45) is 4.11. The molecule has 0 aliphatic rings. The average Bonchev–Trinajstić information content (AvgIpc) is 2.60. The summed E-state index contributed by atoms with van der Waals surface area (Å²) >= 11 is 0. The van der Waals surface area contributed by atoms with Crippen LogP contribution in [0.5, 0.6) is 17.2 Å². The highest BCUT2D eigenvalue weighted by Crippen LogP contribution is 2.31. The van der Waals surface area contributed by atoms with Gasteiger partial charge in [-0.15, -0.1) is 0 Å². The molecule has 0 atom stereocenters. The summed E-state index contributed by atoms with van der Waals surface area (Å²) < 4.78 is 32.0. The van der Waals surface area contributed by atoms with E-state index >= 15 is 0 Å². The number of hydrogen-bond donors (Lipinski definition) is 0. The summed E-state index contributed by atoms with van der Waals surface area (Å²) in [7, 11) is 0. The van der Waals surface area contributed by atoms with Gasteiger partial charge in [0.25, 0.3) is 0 Å². The van der Waals surface area contributed by atoms with Gasteiger partial charge in [-0.2, -0.15) is 0 Å². The van der Waals surface area contributed by atoms with Crippen molar-refractivity contribution in [2.75, 3.05) is 39.6 Å². The van der Waals surface area contributed by atoms with E-state index in [1.807, 2.05) is 0 Å². The van der Waals surface area contributed by atoms with E-state index in [4.69, 9.17) is 28.4 Å². The number of hydrogen-bond acceptors (Lipinski definition) is 6. The van der Waals surface area contributed by atoms with Crippen molar-refractivity contribution in [3.63, 3.8) is 0 Å². The van der Waals surface area contributed by atoms with Crippen molar-refractivity contribution in [3.8, 4) is 17.2 Å². The lowest BCUT2D eigenvalue weighted by Gasteiger charge is -2.14. The van der Waals surface area contributed by atoms with Crippen LogP contribution in [-0.2, 0) is 14.2 Å². The molecule has 0 bridgehead atoms. The third-order valence-electron chi connectivity index (χ3n) is 2.66. The molecule has 1 aromatic carbocycles. The van der Waals surface area contributed by atoms with Crippen molar-refractivity contribution in [2.24, 2.45) is 0 Å². The van der Waals surface area contributed by atoms with Gasteiger partial charge in [0.1, 0.15) is 45.4 Å². The topological polar surface area (TPSA) is 55.4 Å². The summed E-state index contributed by atoms with van der Waals surface area (Å²) in [5, 5.41) is 0. The molecule has 0 amide bonds. The van der Waals surface area contributed by atoms with Gasteiger partial charge in [0.2, 0.25) is 0 Å². The van der Waals surface area contributed by atoms with Crippen LogP contribution in [0.4, 0.5) is 0 Å². The Labute approximate surface area is 142 Å². The van der Waals surface area contributed by atoms with Gasteiger partial charge in [0.05, 0.1) is 18.8 Å². The Morgan fingerprint density at radius 3 is 1.67 bits per heavy atom. The second kappa shape index (κ2) is 12.8. The van der Waals surface area contributed by atoms with Crippen molar-refractivity contribution in [1.29, 1.82) is 0 Å². The summed E-state index contributed by atoms with van der Waals surface area (Å²) in [6.45, 7) is 12.8. The molecule has 24 heavy (non-hydrogen) atoms. The van der Waals surface area contributed by atoms with Crippen LogP contribution in [0.15, 0.2) is 56.7 Å². The highest BCUT2D eigenvalue weighted by atomic mass is 16.6. The third-order valence-corrected chi connectivity index (χ3v) is 2.66. The minimum absolute atomic E-state index is 0.356. The van der Waals surface area contributed by atoms with E-state index < -0.39 is 0 Å². The van der Waals surface area contributed by atoms with Crippen LogP contribution in [0.2, 0.25) is 0 Å². The lowest BCUT2D eigenvalue weighted by molar-refractivity contribution is 0.159. The molecule has 0 aliphatic heterocycles. The largest absolute Gasteiger partial charge is 0.498 e. The minimum Gasteiger partial charge on any atom is -0.498 e. The molecule has 0 radical (unpaired) electrons. The first-order valence-electron chi connectivity index (χ1n) is 7.51. The van der Waals surface area contributed by atoms with E-state index in [-0.39, 0.29) is 0 Å². The van der Waals surface area contributed by atoms with Crippen LogP contribution in [0.1, 0.15) is 0 Å². The molecule has 1 aromatic rings. The fourth-order valence-electron chi connectivity index (χ4n) is 1.67. The molecule has 1 rings (SSSR count). The second-order valence-electron chi connectivity index (χ2n) is 4.27. The first-order valence-corrected chi connectivity index (χ1v) is 7.51. The molecule has 0 aromatic heterocycles. The van der Waals surface area contributed by atoms with Crippen molar-refractivity contribution in [3.05, 3.63) is 56.7 Å². The van der Waals surface area contributed by atoms with Crippen LogP contribution in [-0.4, -0.2) is 39.6 Å². The maximum Gasteiger partial charge on any atom is 0.165 e. The van der Waals surface area contributed by atoms with E-state index in [1.54, 1.807) is 18.2 Å². The molecule has 0 unspecified atom stereocenters. The Hall–Kier alpha value is -2.76. The van der Waals surface area contributed by atoms with Gasteiger partial charge in [0, 0.05) is 6.07 Å². The maximum atomic E-state index is 5.68. The lowest BCUT2D eigenvalue weighted by atomic mass is 10.3. The van der Waals surface area contributed by atoms with Crippen LogP contribution in [0.3, 0.4) is 0 Å². The molecule has 0 fully saturated rings. The van der Waals surface area contributed by atoms with Crippen molar-refractivity contribution < 1.29 is 28.4 Å². The van der Waals surface area contributed by atoms with Crippen molar-refractivity contribution in [2.45, 2.75) is 0 Å². The number of benzene rings is 1. The summed E-state index contributed by atoms with van der Waals surface area (Å²) in [6, 6.07) is 5.33. The zero-order valence-electron chi connectivity index (χ0n) is 13.8. The SMILES string of the molecule is C=COCCOc1ccc(OCCOC=C)c(OCCOC=C)c1. The van der Waals surface area contributed by atoms with Gasteiger partial charge < -0.3 is 28.4 Å². The third kappa shape index (κ3) is 8.03. The highest BCUT2D eigenvalue weighted by Gasteiger charge is 2.08. The zero-order chi connectivity index (χ0) is 17.5. The molecule has 6 heteroatoms. The molecule has 0 spiro atoms. The standard InChI is InChI=1S/C18H24O6/c1-4-19-9-12-22-16-7-8-17(23-13-10-20-5-2)18(15-16)24-14-11-21-6-3/h4-8,15H,1-3,9-14H2. The Kier molecular flexibility index (Phi) is 10.2. The molecule has 6 nitrogen and oxygen atoms in total. The van der Waals surface area contributed by atoms with E-state index in [2.05, 4.69) is 19.7 Å². The predicted octanol–water partition coefficient (Wildman–Crippen LogP) is 3.30. The Balaban J connectivity index is 2.62. The van der Waals surface area contributed by atoms with Gasteiger partial charge >= 0.3 is 0 Å². The van der Waals surface area contributed by atoms with E-state index in [1.165, 1.54) is 18.8 Å². The van der Waals surface area contributed by atoms with Crippen LogP contribution < -0.4 is 14.2 Å². The molecular formula is C18H24O6. The predicted molar refractivity (Wildman–Crippen MR) is 91.4 cm³/mol. The monoisotopic (exact) mass is 336 g/mol. The van der Waals surface area contributed by atoms with E-state index in [0.29, 0.717) is 56.9 Å². The number of rotatable bonds is 15. The molecule has 0 N–H and O–H groups in total. The van der Waals surface area contributed by atoms with Crippen molar-refractivity contribution >= 4 is 0 Å². The van der Waals surface area contributed by atoms with Crippen LogP contribution >= 0.6 is 0 Å². The first-order chi connectivity index (χ1) is 11.8. The molecule has 0 saturated carbocycles. The van der Waals surface area contributed by atoms with Gasteiger partial charge in [-0.05, 0) is 12.1 Å². The first kappa shape index (κ1) is 19.3. The fraction of sp³-hybridized carbons (Fsp3) is 0.333. The van der Waals surface area contributed by atoms with Gasteiger partial charge in [0.15, 0.2) is 11.5 Å². The summed E-state index contributed by atoms with van der Waals surface area (Å²) in [5.41, 5.74) is 0. The second-order valence-corrected chi connectivity index (χ2v) is 4.27. The number of ether oxygens (including phenoxy) is 6. The van der Waals surface area contributed by atoms with E-state index in [9.17, 15) is 0 Å². The molecule has 0 aliphatic carbocycles. The Morgan fingerprint density at radius 2 is 1.12 bits per heavy atom. The van der Waals surface area contributed by atoms with Crippen molar-refractivity contribution in [1.82, 2.24) is 0 Å². The maximum absolute atomic E-state index is 5.68. The van der Waals surface area contributed by atoms with E-state index in [0.717, 1.165) is 0 Å². The Bertz CT molecular complexity index is 500. The molecular weight excluding hydrogens is 312 g/mol. The minimum atomic E-state index is 0.356. The molecule has 0 heterocycles. The molecule has 0 saturated heterocycles. The van der Waals surface area contributed by atoms with Crippen LogP contribution in [0.25, 0.3) is 0 Å². The highest BCUT2D eigenvalue weighted by molar-refractivity contribution is 5.45. The fourth-order valence-corrected chi connectivity index (χ4v) is 1.67. The molecule has 132 valence electrons. The van der Waals surface area contributed by atoms with Gasteiger partial charge in [-0.3, -0.25) is 0 Å². The Morgan fingerprint density at radius 1 is 0.625 bits per heavy atom.